The lowest BCUT2D eigenvalue weighted by Gasteiger charge is -2.19. The second-order valence-corrected chi connectivity index (χ2v) is 9.22. The minimum absolute atomic E-state index is 0.0301. The molecule has 1 aliphatic heterocycles. The lowest BCUT2D eigenvalue weighted by atomic mass is 10.1. The standard InChI is InChI=1S/C26H25BrClN3O3/c1-16(30-19-5-3-18(27)4-6-19)22-13-20(7-9-25(22)34-21-10-11-33-15-21)31-26(32)23-12-17(14-29)2-8-24(23)28/h2-9,12-13,21,30H,1,10-11,14-15,29H2,(H,31,32). The van der Waals surface area contributed by atoms with Gasteiger partial charge >= 0.3 is 0 Å². The van der Waals surface area contributed by atoms with Crippen LogP contribution in [0.25, 0.3) is 5.70 Å². The molecule has 176 valence electrons. The van der Waals surface area contributed by atoms with Gasteiger partial charge in [-0.3, -0.25) is 4.79 Å². The van der Waals surface area contributed by atoms with Crippen LogP contribution in [0.5, 0.6) is 5.75 Å². The van der Waals surface area contributed by atoms with Gasteiger partial charge in [-0.2, -0.15) is 0 Å². The Labute approximate surface area is 212 Å². The van der Waals surface area contributed by atoms with Crippen LogP contribution in [0.4, 0.5) is 11.4 Å². The molecule has 0 aromatic heterocycles. The summed E-state index contributed by atoms with van der Waals surface area (Å²) in [7, 11) is 0. The Balaban J connectivity index is 1.60. The number of benzene rings is 3. The van der Waals surface area contributed by atoms with E-state index in [0.29, 0.717) is 47.5 Å². The third-order valence-electron chi connectivity index (χ3n) is 5.39. The molecule has 0 aliphatic carbocycles. The van der Waals surface area contributed by atoms with E-state index in [-0.39, 0.29) is 12.0 Å². The van der Waals surface area contributed by atoms with Crippen molar-refractivity contribution in [2.45, 2.75) is 19.1 Å². The highest BCUT2D eigenvalue weighted by molar-refractivity contribution is 9.10. The number of amides is 1. The summed E-state index contributed by atoms with van der Waals surface area (Å²) in [6.07, 6.45) is 0.790. The highest BCUT2D eigenvalue weighted by Crippen LogP contribution is 2.32. The van der Waals surface area contributed by atoms with Gasteiger partial charge < -0.3 is 25.8 Å². The number of carbonyl (C=O) groups is 1. The molecule has 3 aromatic carbocycles. The first kappa shape index (κ1) is 24.3. The fourth-order valence-corrected chi connectivity index (χ4v) is 4.05. The SMILES string of the molecule is C=C(Nc1ccc(Br)cc1)c1cc(NC(=O)c2cc(CN)ccc2Cl)ccc1OC1CCOC1. The van der Waals surface area contributed by atoms with Crippen molar-refractivity contribution in [1.29, 1.82) is 0 Å². The lowest BCUT2D eigenvalue weighted by molar-refractivity contribution is 0.102. The van der Waals surface area contributed by atoms with E-state index in [1.54, 1.807) is 24.3 Å². The van der Waals surface area contributed by atoms with Crippen molar-refractivity contribution in [3.63, 3.8) is 0 Å². The molecule has 1 atom stereocenters. The van der Waals surface area contributed by atoms with E-state index in [9.17, 15) is 4.79 Å². The molecular weight excluding hydrogens is 518 g/mol. The smallest absolute Gasteiger partial charge is 0.257 e. The Kier molecular flexibility index (Phi) is 7.90. The van der Waals surface area contributed by atoms with Crippen molar-refractivity contribution in [2.24, 2.45) is 5.73 Å². The predicted octanol–water partition coefficient (Wildman–Crippen LogP) is 6.06. The van der Waals surface area contributed by atoms with Gasteiger partial charge in [0.15, 0.2) is 0 Å². The molecule has 3 aromatic rings. The van der Waals surface area contributed by atoms with E-state index in [2.05, 4.69) is 33.1 Å². The maximum Gasteiger partial charge on any atom is 0.257 e. The Bertz CT molecular complexity index is 1190. The van der Waals surface area contributed by atoms with Crippen LogP contribution in [0, 0.1) is 0 Å². The molecule has 0 saturated carbocycles. The Morgan fingerprint density at radius 3 is 2.56 bits per heavy atom. The van der Waals surface area contributed by atoms with Crippen molar-refractivity contribution in [2.75, 3.05) is 23.8 Å². The number of halogens is 2. The highest BCUT2D eigenvalue weighted by Gasteiger charge is 2.20. The zero-order valence-corrected chi connectivity index (χ0v) is 20.8. The summed E-state index contributed by atoms with van der Waals surface area (Å²) in [5, 5.41) is 6.59. The minimum atomic E-state index is -0.324. The van der Waals surface area contributed by atoms with Gasteiger partial charge in [-0.05, 0) is 60.2 Å². The topological polar surface area (TPSA) is 85.6 Å². The normalized spacial score (nSPS) is 15.1. The molecule has 0 spiro atoms. The molecule has 34 heavy (non-hydrogen) atoms. The Morgan fingerprint density at radius 2 is 1.85 bits per heavy atom. The molecule has 1 aliphatic rings. The molecule has 4 rings (SSSR count). The first-order valence-electron chi connectivity index (χ1n) is 10.8. The average Bonchev–Trinajstić information content (AvgIpc) is 3.35. The molecule has 1 heterocycles. The van der Waals surface area contributed by atoms with Gasteiger partial charge in [-0.1, -0.05) is 40.2 Å². The van der Waals surface area contributed by atoms with Crippen molar-refractivity contribution >= 4 is 50.5 Å². The molecule has 1 unspecified atom stereocenters. The van der Waals surface area contributed by atoms with Crippen molar-refractivity contribution < 1.29 is 14.3 Å². The molecule has 4 N–H and O–H groups in total. The van der Waals surface area contributed by atoms with Crippen LogP contribution < -0.4 is 21.1 Å². The van der Waals surface area contributed by atoms with Gasteiger partial charge in [0, 0.05) is 40.1 Å². The summed E-state index contributed by atoms with van der Waals surface area (Å²) in [6.45, 7) is 5.75. The van der Waals surface area contributed by atoms with E-state index in [1.165, 1.54) is 0 Å². The zero-order chi connectivity index (χ0) is 24.1. The minimum Gasteiger partial charge on any atom is -0.487 e. The average molecular weight is 543 g/mol. The quantitative estimate of drug-likeness (QED) is 0.322. The summed E-state index contributed by atoms with van der Waals surface area (Å²) in [6, 6.07) is 18.4. The third kappa shape index (κ3) is 5.98. The Hall–Kier alpha value is -2.84. The van der Waals surface area contributed by atoms with Crippen LogP contribution in [-0.4, -0.2) is 25.2 Å². The largest absolute Gasteiger partial charge is 0.487 e. The van der Waals surface area contributed by atoms with Gasteiger partial charge in [-0.25, -0.2) is 0 Å². The first-order valence-corrected chi connectivity index (χ1v) is 12.0. The lowest BCUT2D eigenvalue weighted by Crippen LogP contribution is -2.17. The number of rotatable bonds is 8. The fraction of sp³-hybridized carbons (Fsp3) is 0.192. The number of nitrogens with one attached hydrogen (secondary N) is 2. The maximum absolute atomic E-state index is 12.9. The van der Waals surface area contributed by atoms with Crippen LogP contribution in [-0.2, 0) is 11.3 Å². The van der Waals surface area contributed by atoms with Crippen LogP contribution in [0.1, 0.15) is 27.9 Å². The highest BCUT2D eigenvalue weighted by atomic mass is 79.9. The van der Waals surface area contributed by atoms with Gasteiger partial charge in [-0.15, -0.1) is 0 Å². The summed E-state index contributed by atoms with van der Waals surface area (Å²) < 4.78 is 12.6. The summed E-state index contributed by atoms with van der Waals surface area (Å²) in [5.74, 6) is 0.335. The summed E-state index contributed by atoms with van der Waals surface area (Å²) in [5.41, 5.74) is 9.73. The van der Waals surface area contributed by atoms with Crippen LogP contribution in [0.2, 0.25) is 5.02 Å². The molecule has 8 heteroatoms. The van der Waals surface area contributed by atoms with Gasteiger partial charge in [0.25, 0.3) is 5.91 Å². The monoisotopic (exact) mass is 541 g/mol. The molecule has 1 amide bonds. The van der Waals surface area contributed by atoms with Crippen molar-refractivity contribution in [3.05, 3.63) is 93.4 Å². The molecule has 6 nitrogen and oxygen atoms in total. The second kappa shape index (κ2) is 11.1. The van der Waals surface area contributed by atoms with Crippen LogP contribution in [0.3, 0.4) is 0 Å². The van der Waals surface area contributed by atoms with Crippen molar-refractivity contribution in [3.8, 4) is 5.75 Å². The van der Waals surface area contributed by atoms with E-state index >= 15 is 0 Å². The number of ether oxygens (including phenoxy) is 2. The van der Waals surface area contributed by atoms with E-state index < -0.39 is 0 Å². The number of nitrogens with two attached hydrogens (primary N) is 1. The second-order valence-electron chi connectivity index (χ2n) is 7.90. The van der Waals surface area contributed by atoms with E-state index in [0.717, 1.165) is 27.7 Å². The van der Waals surface area contributed by atoms with Gasteiger partial charge in [0.05, 0.1) is 23.8 Å². The van der Waals surface area contributed by atoms with Crippen molar-refractivity contribution in [1.82, 2.24) is 0 Å². The van der Waals surface area contributed by atoms with Crippen LogP contribution >= 0.6 is 27.5 Å². The summed E-state index contributed by atoms with van der Waals surface area (Å²) in [4.78, 5) is 12.9. The number of carbonyl (C=O) groups excluding carboxylic acids is 1. The predicted molar refractivity (Wildman–Crippen MR) is 140 cm³/mol. The fourth-order valence-electron chi connectivity index (χ4n) is 3.58. The van der Waals surface area contributed by atoms with E-state index in [4.69, 9.17) is 26.8 Å². The van der Waals surface area contributed by atoms with Gasteiger partial charge in [0.2, 0.25) is 0 Å². The van der Waals surface area contributed by atoms with Crippen LogP contribution in [0.15, 0.2) is 71.7 Å². The molecule has 1 fully saturated rings. The number of hydrogen-bond donors (Lipinski definition) is 3. The Morgan fingerprint density at radius 1 is 1.09 bits per heavy atom. The number of hydrogen-bond acceptors (Lipinski definition) is 5. The van der Waals surface area contributed by atoms with E-state index in [1.807, 2.05) is 36.4 Å². The first-order chi connectivity index (χ1) is 16.4. The maximum atomic E-state index is 12.9. The molecular formula is C26H25BrClN3O3. The molecule has 1 saturated heterocycles. The summed E-state index contributed by atoms with van der Waals surface area (Å²) >= 11 is 9.70. The van der Waals surface area contributed by atoms with Gasteiger partial charge in [0.1, 0.15) is 11.9 Å². The third-order valence-corrected chi connectivity index (χ3v) is 6.25. The zero-order valence-electron chi connectivity index (χ0n) is 18.4. The number of anilines is 2. The molecule has 0 bridgehead atoms. The molecule has 0 radical (unpaired) electrons.